The molecule has 5 nitrogen and oxygen atoms in total. The van der Waals surface area contributed by atoms with E-state index in [2.05, 4.69) is 6.92 Å². The van der Waals surface area contributed by atoms with Crippen molar-refractivity contribution in [1.29, 1.82) is 0 Å². The van der Waals surface area contributed by atoms with E-state index >= 15 is 0 Å². The van der Waals surface area contributed by atoms with E-state index in [0.717, 1.165) is 25.7 Å². The van der Waals surface area contributed by atoms with Crippen molar-refractivity contribution in [3.05, 3.63) is 0 Å². The van der Waals surface area contributed by atoms with Crippen LogP contribution in [-0.4, -0.2) is 31.4 Å². The van der Waals surface area contributed by atoms with Gasteiger partial charge in [-0.2, -0.15) is 0 Å². The molecule has 0 bridgehead atoms. The van der Waals surface area contributed by atoms with E-state index in [0.29, 0.717) is 6.42 Å². The Morgan fingerprint density at radius 2 is 1.48 bits per heavy atom. The molecule has 126 valence electrons. The molecule has 0 N–H and O–H groups in total. The van der Waals surface area contributed by atoms with Gasteiger partial charge in [0.25, 0.3) is 0 Å². The lowest BCUT2D eigenvalue weighted by atomic mass is 10.1. The zero-order valence-electron chi connectivity index (χ0n) is 13.9. The van der Waals surface area contributed by atoms with Gasteiger partial charge in [0.15, 0.2) is 5.66 Å². The summed E-state index contributed by atoms with van der Waals surface area (Å²) in [6, 6.07) is 0. The number of carbonyl (C=O) groups is 1. The molecule has 0 rings (SSSR count). The van der Waals surface area contributed by atoms with Crippen molar-refractivity contribution in [1.82, 2.24) is 0 Å². The number of hydrogen-bond donors (Lipinski definition) is 0. The molecule has 0 saturated heterocycles. The van der Waals surface area contributed by atoms with Gasteiger partial charge in [-0.15, -0.1) is 0 Å². The van der Waals surface area contributed by atoms with E-state index < -0.39 is 19.2 Å². The predicted octanol–water partition coefficient (Wildman–Crippen LogP) is 4.54. The maximum atomic E-state index is 12.8. The molecule has 0 aliphatic carbocycles. The third kappa shape index (κ3) is 7.98. The van der Waals surface area contributed by atoms with Crippen LogP contribution in [0.1, 0.15) is 66.2 Å². The molecule has 0 radical (unpaired) electrons. The first-order valence-corrected chi connectivity index (χ1v) is 9.72. The molecule has 0 fully saturated rings. The van der Waals surface area contributed by atoms with Crippen molar-refractivity contribution in [3.63, 3.8) is 0 Å². The van der Waals surface area contributed by atoms with Crippen LogP contribution in [0.15, 0.2) is 0 Å². The molecular formula is C15H31O5P. The van der Waals surface area contributed by atoms with Crippen molar-refractivity contribution < 1.29 is 23.1 Å². The fourth-order valence-corrected chi connectivity index (χ4v) is 4.15. The molecule has 0 amide bonds. The molecule has 21 heavy (non-hydrogen) atoms. The van der Waals surface area contributed by atoms with Crippen LogP contribution in [0.25, 0.3) is 0 Å². The van der Waals surface area contributed by atoms with Crippen molar-refractivity contribution >= 4 is 13.6 Å². The standard InChI is InChI=1S/C15H31O5P/c1-5-9-10-11-12-13-14(15(16)18-6-2)21(17,19-7-3)20-8-4/h14H,5-13H2,1-4H3. The summed E-state index contributed by atoms with van der Waals surface area (Å²) in [5, 5.41) is 0. The highest BCUT2D eigenvalue weighted by Crippen LogP contribution is 2.55. The second-order valence-corrected chi connectivity index (χ2v) is 7.07. The third-order valence-corrected chi connectivity index (χ3v) is 5.61. The highest BCUT2D eigenvalue weighted by molar-refractivity contribution is 7.55. The smallest absolute Gasteiger partial charge is 0.344 e. The lowest BCUT2D eigenvalue weighted by Gasteiger charge is -2.24. The van der Waals surface area contributed by atoms with Gasteiger partial charge in [0.2, 0.25) is 0 Å². The molecule has 6 heteroatoms. The van der Waals surface area contributed by atoms with E-state index in [4.69, 9.17) is 13.8 Å². The number of rotatable bonds is 13. The minimum absolute atomic E-state index is 0.253. The van der Waals surface area contributed by atoms with Gasteiger partial charge in [0.1, 0.15) is 0 Å². The van der Waals surface area contributed by atoms with Gasteiger partial charge in [-0.1, -0.05) is 39.0 Å². The monoisotopic (exact) mass is 322 g/mol. The highest BCUT2D eigenvalue weighted by atomic mass is 31.2. The number of unbranched alkanes of at least 4 members (excludes halogenated alkanes) is 4. The number of hydrogen-bond acceptors (Lipinski definition) is 5. The largest absolute Gasteiger partial charge is 0.465 e. The molecule has 0 aliphatic rings. The van der Waals surface area contributed by atoms with E-state index in [-0.39, 0.29) is 19.8 Å². The Bertz CT molecular complexity index is 309. The third-order valence-electron chi connectivity index (χ3n) is 3.14. The molecule has 0 aromatic carbocycles. The van der Waals surface area contributed by atoms with Gasteiger partial charge in [0, 0.05) is 0 Å². The first-order chi connectivity index (χ1) is 10.1. The van der Waals surface area contributed by atoms with E-state index in [9.17, 15) is 9.36 Å². The first-order valence-electron chi connectivity index (χ1n) is 8.11. The number of esters is 1. The topological polar surface area (TPSA) is 61.8 Å². The van der Waals surface area contributed by atoms with Crippen LogP contribution in [0, 0.1) is 0 Å². The van der Waals surface area contributed by atoms with E-state index in [1.807, 2.05) is 0 Å². The van der Waals surface area contributed by atoms with Crippen molar-refractivity contribution in [2.45, 2.75) is 71.9 Å². The Morgan fingerprint density at radius 3 is 1.95 bits per heavy atom. The lowest BCUT2D eigenvalue weighted by Crippen LogP contribution is -2.26. The van der Waals surface area contributed by atoms with Crippen LogP contribution in [-0.2, 0) is 23.1 Å². The lowest BCUT2D eigenvalue weighted by molar-refractivity contribution is -0.143. The summed E-state index contributed by atoms with van der Waals surface area (Å²) in [7, 11) is -3.45. The Morgan fingerprint density at radius 1 is 0.905 bits per heavy atom. The Labute approximate surface area is 129 Å². The maximum Gasteiger partial charge on any atom is 0.344 e. The van der Waals surface area contributed by atoms with Gasteiger partial charge < -0.3 is 13.8 Å². The summed E-state index contributed by atoms with van der Waals surface area (Å²) < 4.78 is 28.5. The molecule has 0 spiro atoms. The van der Waals surface area contributed by atoms with Crippen LogP contribution in [0.2, 0.25) is 0 Å². The molecular weight excluding hydrogens is 291 g/mol. The molecule has 0 aromatic rings. The minimum atomic E-state index is -3.45. The van der Waals surface area contributed by atoms with Crippen LogP contribution in [0.5, 0.6) is 0 Å². The average Bonchev–Trinajstić information content (AvgIpc) is 2.43. The average molecular weight is 322 g/mol. The fraction of sp³-hybridized carbons (Fsp3) is 0.933. The molecule has 0 heterocycles. The van der Waals surface area contributed by atoms with Gasteiger partial charge in [-0.3, -0.25) is 9.36 Å². The summed E-state index contributed by atoms with van der Waals surface area (Å²) >= 11 is 0. The van der Waals surface area contributed by atoms with Crippen molar-refractivity contribution in [2.75, 3.05) is 19.8 Å². The quantitative estimate of drug-likeness (QED) is 0.283. The number of carbonyl (C=O) groups excluding carboxylic acids is 1. The second kappa shape index (κ2) is 12.2. The van der Waals surface area contributed by atoms with E-state index in [1.165, 1.54) is 6.42 Å². The van der Waals surface area contributed by atoms with Gasteiger partial charge in [-0.05, 0) is 27.2 Å². The van der Waals surface area contributed by atoms with Crippen LogP contribution in [0.3, 0.4) is 0 Å². The molecule has 0 saturated carbocycles. The summed E-state index contributed by atoms with van der Waals surface area (Å²) in [5.74, 6) is -0.474. The molecule has 1 unspecified atom stereocenters. The summed E-state index contributed by atoms with van der Waals surface area (Å²) in [6.07, 6.45) is 5.80. The molecule has 0 aliphatic heterocycles. The SMILES string of the molecule is CCCCCCCC(C(=O)OCC)P(=O)(OCC)OCC. The Balaban J connectivity index is 4.76. The van der Waals surface area contributed by atoms with Crippen LogP contribution >= 0.6 is 7.60 Å². The minimum Gasteiger partial charge on any atom is -0.465 e. The summed E-state index contributed by atoms with van der Waals surface area (Å²) in [5.41, 5.74) is -0.807. The van der Waals surface area contributed by atoms with Crippen molar-refractivity contribution in [2.24, 2.45) is 0 Å². The highest BCUT2D eigenvalue weighted by Gasteiger charge is 2.41. The van der Waals surface area contributed by atoms with Crippen molar-refractivity contribution in [3.8, 4) is 0 Å². The zero-order valence-corrected chi connectivity index (χ0v) is 14.8. The molecule has 1 atom stereocenters. The van der Waals surface area contributed by atoms with Crippen LogP contribution < -0.4 is 0 Å². The Kier molecular flexibility index (Phi) is 12.0. The zero-order chi connectivity index (χ0) is 16.1. The predicted molar refractivity (Wildman–Crippen MR) is 84.7 cm³/mol. The maximum absolute atomic E-state index is 12.8. The summed E-state index contributed by atoms with van der Waals surface area (Å²) in [4.78, 5) is 12.1. The van der Waals surface area contributed by atoms with Gasteiger partial charge in [-0.25, -0.2) is 0 Å². The summed E-state index contributed by atoms with van der Waals surface area (Å²) in [6.45, 7) is 8.15. The Hall–Kier alpha value is -0.380. The number of ether oxygens (including phenoxy) is 1. The van der Waals surface area contributed by atoms with E-state index in [1.54, 1.807) is 20.8 Å². The first kappa shape index (κ1) is 20.6. The second-order valence-electron chi connectivity index (χ2n) is 4.85. The van der Waals surface area contributed by atoms with Crippen LogP contribution in [0.4, 0.5) is 0 Å². The van der Waals surface area contributed by atoms with Gasteiger partial charge in [0.05, 0.1) is 19.8 Å². The fourth-order valence-electron chi connectivity index (χ4n) is 2.16. The molecule has 0 aromatic heterocycles. The normalized spacial score (nSPS) is 13.1. The van der Waals surface area contributed by atoms with Gasteiger partial charge >= 0.3 is 13.6 Å².